The molecule has 1 aliphatic rings. The summed E-state index contributed by atoms with van der Waals surface area (Å²) in [6, 6.07) is -0.827. The third kappa shape index (κ3) is 31.6. The van der Waals surface area contributed by atoms with Gasteiger partial charge in [0.2, 0.25) is 5.91 Å². The third-order valence-corrected chi connectivity index (χ3v) is 11.8. The normalized spacial score (nSPS) is 20.4. The van der Waals surface area contributed by atoms with Gasteiger partial charge in [0, 0.05) is 12.8 Å². The quantitative estimate of drug-likeness (QED) is 0.0197. The van der Waals surface area contributed by atoms with Gasteiger partial charge in [0.25, 0.3) is 0 Å². The molecule has 0 saturated carbocycles. The van der Waals surface area contributed by atoms with Gasteiger partial charge in [-0.3, -0.25) is 9.59 Å². The van der Waals surface area contributed by atoms with Crippen molar-refractivity contribution < 1.29 is 49.3 Å². The molecule has 1 aliphatic heterocycles. The first kappa shape index (κ1) is 57.2. The molecule has 0 aliphatic carbocycles. The summed E-state index contributed by atoms with van der Waals surface area (Å²) < 4.78 is 16.6. The van der Waals surface area contributed by atoms with Crippen LogP contribution in [0.15, 0.2) is 24.3 Å². The van der Waals surface area contributed by atoms with Gasteiger partial charge in [-0.15, -0.1) is 0 Å². The van der Waals surface area contributed by atoms with Crippen LogP contribution in [0.4, 0.5) is 0 Å². The number of esters is 1. The van der Waals surface area contributed by atoms with Crippen LogP contribution in [0.1, 0.15) is 219 Å². The van der Waals surface area contributed by atoms with E-state index in [0.717, 1.165) is 70.6 Å². The molecule has 0 spiro atoms. The van der Waals surface area contributed by atoms with Crippen LogP contribution in [0.3, 0.4) is 0 Å². The highest BCUT2D eigenvalue weighted by atomic mass is 16.7. The van der Waals surface area contributed by atoms with E-state index in [1.54, 1.807) is 6.08 Å². The Labute approximate surface area is 371 Å². The summed E-state index contributed by atoms with van der Waals surface area (Å²) >= 11 is 0. The minimum Gasteiger partial charge on any atom is -0.466 e. The number of hydrogen-bond acceptors (Lipinski definition) is 10. The zero-order valence-electron chi connectivity index (χ0n) is 38.9. The van der Waals surface area contributed by atoms with Crippen molar-refractivity contribution >= 4 is 11.9 Å². The average molecular weight is 868 g/mol. The fourth-order valence-electron chi connectivity index (χ4n) is 7.72. The fraction of sp³-hybridized carbons (Fsp3) is 0.880. The van der Waals surface area contributed by atoms with Gasteiger partial charge in [0.05, 0.1) is 32.0 Å². The number of nitrogens with one attached hydrogen (secondary N) is 1. The lowest BCUT2D eigenvalue weighted by Crippen LogP contribution is -2.60. The molecule has 1 fully saturated rings. The Morgan fingerprint density at radius 3 is 1.59 bits per heavy atom. The fourth-order valence-corrected chi connectivity index (χ4v) is 7.72. The average Bonchev–Trinajstić information content (AvgIpc) is 3.25. The first-order valence-electron chi connectivity index (χ1n) is 25.1. The van der Waals surface area contributed by atoms with Crippen molar-refractivity contribution in [3.63, 3.8) is 0 Å². The number of carbonyl (C=O) groups is 2. The zero-order chi connectivity index (χ0) is 44.6. The predicted molar refractivity (Wildman–Crippen MR) is 246 cm³/mol. The molecule has 1 rings (SSSR count). The van der Waals surface area contributed by atoms with Crippen molar-refractivity contribution in [1.82, 2.24) is 5.32 Å². The van der Waals surface area contributed by atoms with E-state index >= 15 is 0 Å². The van der Waals surface area contributed by atoms with Crippen molar-refractivity contribution in [2.75, 3.05) is 19.8 Å². The minimum atomic E-state index is -1.58. The number of aliphatic hydroxyl groups excluding tert-OH is 5. The van der Waals surface area contributed by atoms with E-state index in [1.807, 2.05) is 6.08 Å². The number of allylic oxidation sites excluding steroid dienone is 3. The SMILES string of the molecule is CCCCCCCCC/C=C/C(O)C(COC1OC(CO)C(O)C(O)C1O)NC(=O)CCCCC/C=C\CCCCCCCCOC(=O)CCCCCCCCCCCCC. The number of rotatable bonds is 42. The van der Waals surface area contributed by atoms with Crippen LogP contribution in [0.2, 0.25) is 0 Å². The molecule has 1 amide bonds. The monoisotopic (exact) mass is 868 g/mol. The molecule has 0 aromatic heterocycles. The highest BCUT2D eigenvalue weighted by Gasteiger charge is 2.44. The van der Waals surface area contributed by atoms with Crippen molar-refractivity contribution in [1.29, 1.82) is 0 Å². The van der Waals surface area contributed by atoms with E-state index in [-0.39, 0.29) is 18.5 Å². The van der Waals surface area contributed by atoms with E-state index in [9.17, 15) is 35.1 Å². The van der Waals surface area contributed by atoms with Gasteiger partial charge in [0.1, 0.15) is 24.4 Å². The Kier molecular flexibility index (Phi) is 38.3. The molecule has 358 valence electrons. The number of amides is 1. The second-order valence-corrected chi connectivity index (χ2v) is 17.5. The minimum absolute atomic E-state index is 0.0360. The molecule has 0 bridgehead atoms. The third-order valence-electron chi connectivity index (χ3n) is 11.8. The molecule has 11 nitrogen and oxygen atoms in total. The second-order valence-electron chi connectivity index (χ2n) is 17.5. The number of unbranched alkanes of at least 4 members (excludes halogenated alkanes) is 26. The van der Waals surface area contributed by atoms with E-state index in [4.69, 9.17) is 14.2 Å². The van der Waals surface area contributed by atoms with E-state index < -0.39 is 49.5 Å². The second kappa shape index (κ2) is 40.9. The highest BCUT2D eigenvalue weighted by Crippen LogP contribution is 2.23. The molecule has 0 aromatic rings. The van der Waals surface area contributed by atoms with Gasteiger partial charge < -0.3 is 45.1 Å². The molecule has 1 saturated heterocycles. The zero-order valence-corrected chi connectivity index (χ0v) is 38.9. The van der Waals surface area contributed by atoms with Crippen LogP contribution in [-0.4, -0.2) is 100 Å². The van der Waals surface area contributed by atoms with Crippen LogP contribution in [0, 0.1) is 0 Å². The molecule has 6 N–H and O–H groups in total. The lowest BCUT2D eigenvalue weighted by molar-refractivity contribution is -0.302. The molecule has 1 heterocycles. The number of carbonyl (C=O) groups excluding carboxylic acids is 2. The smallest absolute Gasteiger partial charge is 0.305 e. The maximum atomic E-state index is 12.9. The molecule has 11 heteroatoms. The summed E-state index contributed by atoms with van der Waals surface area (Å²) in [4.78, 5) is 24.9. The highest BCUT2D eigenvalue weighted by molar-refractivity contribution is 5.76. The van der Waals surface area contributed by atoms with Gasteiger partial charge in [-0.05, 0) is 57.8 Å². The summed E-state index contributed by atoms with van der Waals surface area (Å²) in [7, 11) is 0. The van der Waals surface area contributed by atoms with Crippen molar-refractivity contribution in [3.8, 4) is 0 Å². The van der Waals surface area contributed by atoms with Crippen molar-refractivity contribution in [2.24, 2.45) is 0 Å². The Bertz CT molecular complexity index is 1070. The Balaban J connectivity index is 2.18. The molecule has 61 heavy (non-hydrogen) atoms. The number of hydrogen-bond donors (Lipinski definition) is 6. The Hall–Kier alpha value is -1.86. The maximum absolute atomic E-state index is 12.9. The molecular formula is C50H93NO10. The summed E-state index contributed by atoms with van der Waals surface area (Å²) in [5.41, 5.74) is 0. The molecule has 7 unspecified atom stereocenters. The van der Waals surface area contributed by atoms with Crippen LogP contribution in [0.25, 0.3) is 0 Å². The number of aliphatic hydroxyl groups is 5. The van der Waals surface area contributed by atoms with Crippen LogP contribution >= 0.6 is 0 Å². The lowest BCUT2D eigenvalue weighted by Gasteiger charge is -2.40. The van der Waals surface area contributed by atoms with Crippen molar-refractivity contribution in [2.45, 2.75) is 262 Å². The Morgan fingerprint density at radius 2 is 1.05 bits per heavy atom. The number of ether oxygens (including phenoxy) is 3. The first-order chi connectivity index (χ1) is 29.7. The summed E-state index contributed by atoms with van der Waals surface area (Å²) in [6.07, 6.45) is 35.5. The van der Waals surface area contributed by atoms with Crippen LogP contribution < -0.4 is 5.32 Å². The molecule has 0 aromatic carbocycles. The first-order valence-corrected chi connectivity index (χ1v) is 25.1. The lowest BCUT2D eigenvalue weighted by atomic mass is 9.99. The summed E-state index contributed by atoms with van der Waals surface area (Å²) in [5.74, 6) is -0.250. The van der Waals surface area contributed by atoms with E-state index in [2.05, 4.69) is 31.3 Å². The Morgan fingerprint density at radius 1 is 0.590 bits per heavy atom. The largest absolute Gasteiger partial charge is 0.466 e. The molecular weight excluding hydrogens is 775 g/mol. The van der Waals surface area contributed by atoms with Gasteiger partial charge in [-0.2, -0.15) is 0 Å². The summed E-state index contributed by atoms with van der Waals surface area (Å²) in [6.45, 7) is 4.23. The van der Waals surface area contributed by atoms with Crippen LogP contribution in [0.5, 0.6) is 0 Å². The standard InChI is InChI=1S/C50H93NO10/c1-3-5-7-9-11-13-17-22-26-30-34-38-46(55)59-39-35-31-27-23-19-16-14-15-18-21-25-29-33-37-45(54)51-42(43(53)36-32-28-24-20-12-10-8-6-4-2)41-60-50-49(58)48(57)47(56)44(40-52)61-50/h15,18,32,36,42-44,47-50,52-53,56-58H,3-14,16-17,19-31,33-35,37-41H2,1-2H3,(H,51,54)/b18-15-,36-32+. The van der Waals surface area contributed by atoms with Crippen LogP contribution in [-0.2, 0) is 23.8 Å². The van der Waals surface area contributed by atoms with Gasteiger partial charge >= 0.3 is 5.97 Å². The predicted octanol–water partition coefficient (Wildman–Crippen LogP) is 9.83. The topological polar surface area (TPSA) is 175 Å². The van der Waals surface area contributed by atoms with E-state index in [1.165, 1.54) is 116 Å². The van der Waals surface area contributed by atoms with Gasteiger partial charge in [-0.25, -0.2) is 0 Å². The molecule has 0 radical (unpaired) electrons. The maximum Gasteiger partial charge on any atom is 0.305 e. The van der Waals surface area contributed by atoms with Crippen molar-refractivity contribution in [3.05, 3.63) is 24.3 Å². The van der Waals surface area contributed by atoms with Gasteiger partial charge in [-0.1, -0.05) is 173 Å². The summed E-state index contributed by atoms with van der Waals surface area (Å²) in [5, 5.41) is 54.0. The van der Waals surface area contributed by atoms with Gasteiger partial charge in [0.15, 0.2) is 6.29 Å². The van der Waals surface area contributed by atoms with E-state index in [0.29, 0.717) is 25.9 Å². The molecule has 7 atom stereocenters.